The summed E-state index contributed by atoms with van der Waals surface area (Å²) < 4.78 is 5.15. The average Bonchev–Trinajstić information content (AvgIpc) is 2.67. The fourth-order valence-electron chi connectivity index (χ4n) is 3.19. The molecule has 0 radical (unpaired) electrons. The SMILES string of the molecule is C[C@@H]1CCCN(C(=O)COC(=O)C2=NN(c3ccccc3)C(=O)CC2)C1. The first-order valence-corrected chi connectivity index (χ1v) is 8.95. The third kappa shape index (κ3) is 4.28. The van der Waals surface area contributed by atoms with Crippen molar-refractivity contribution in [1.82, 2.24) is 4.90 Å². The quantitative estimate of drug-likeness (QED) is 0.772. The molecule has 0 saturated carbocycles. The molecule has 1 aromatic rings. The summed E-state index contributed by atoms with van der Waals surface area (Å²) in [6, 6.07) is 8.92. The standard InChI is InChI=1S/C19H23N3O4/c1-14-6-5-11-21(12-14)18(24)13-26-19(25)16-9-10-17(23)22(20-16)15-7-3-2-4-8-15/h2-4,7-8,14H,5-6,9-13H2,1H3/t14-/m1/s1. The molecule has 1 saturated heterocycles. The Labute approximate surface area is 152 Å². The maximum Gasteiger partial charge on any atom is 0.355 e. The number of anilines is 1. The molecule has 0 bridgehead atoms. The first-order valence-electron chi connectivity index (χ1n) is 8.95. The molecule has 0 unspecified atom stereocenters. The number of nitrogens with zero attached hydrogens (tertiary/aromatic N) is 3. The molecule has 2 heterocycles. The number of hydrogen-bond donors (Lipinski definition) is 0. The Morgan fingerprint density at radius 2 is 2.00 bits per heavy atom. The molecule has 2 aliphatic heterocycles. The van der Waals surface area contributed by atoms with Crippen LogP contribution in [0.15, 0.2) is 35.4 Å². The molecular weight excluding hydrogens is 334 g/mol. The third-order valence-corrected chi connectivity index (χ3v) is 4.61. The van der Waals surface area contributed by atoms with E-state index in [9.17, 15) is 14.4 Å². The van der Waals surface area contributed by atoms with Crippen molar-refractivity contribution in [2.45, 2.75) is 32.6 Å². The van der Waals surface area contributed by atoms with Gasteiger partial charge in [0.2, 0.25) is 5.91 Å². The van der Waals surface area contributed by atoms with Crippen molar-refractivity contribution in [1.29, 1.82) is 0 Å². The van der Waals surface area contributed by atoms with E-state index in [1.54, 1.807) is 29.2 Å². The lowest BCUT2D eigenvalue weighted by Crippen LogP contribution is -2.42. The van der Waals surface area contributed by atoms with Gasteiger partial charge in [-0.2, -0.15) is 5.10 Å². The number of likely N-dealkylation sites (tertiary alicyclic amines) is 1. The van der Waals surface area contributed by atoms with E-state index in [0.29, 0.717) is 24.7 Å². The minimum Gasteiger partial charge on any atom is -0.451 e. The van der Waals surface area contributed by atoms with Crippen molar-refractivity contribution < 1.29 is 19.1 Å². The molecular formula is C19H23N3O4. The van der Waals surface area contributed by atoms with Gasteiger partial charge in [0.15, 0.2) is 6.61 Å². The molecule has 1 fully saturated rings. The van der Waals surface area contributed by atoms with Crippen molar-refractivity contribution in [2.24, 2.45) is 11.0 Å². The number of piperidine rings is 1. The predicted molar refractivity (Wildman–Crippen MR) is 96.5 cm³/mol. The molecule has 26 heavy (non-hydrogen) atoms. The molecule has 7 heteroatoms. The van der Waals surface area contributed by atoms with Gasteiger partial charge in [0.05, 0.1) is 5.69 Å². The van der Waals surface area contributed by atoms with Crippen LogP contribution >= 0.6 is 0 Å². The lowest BCUT2D eigenvalue weighted by atomic mass is 10.0. The van der Waals surface area contributed by atoms with E-state index in [4.69, 9.17) is 4.74 Å². The molecule has 0 spiro atoms. The van der Waals surface area contributed by atoms with E-state index in [-0.39, 0.29) is 37.0 Å². The van der Waals surface area contributed by atoms with Crippen LogP contribution in [0.1, 0.15) is 32.6 Å². The highest BCUT2D eigenvalue weighted by Gasteiger charge is 2.28. The summed E-state index contributed by atoms with van der Waals surface area (Å²) in [6.07, 6.45) is 2.49. The first-order chi connectivity index (χ1) is 12.5. The second-order valence-electron chi connectivity index (χ2n) is 6.75. The number of amides is 2. The van der Waals surface area contributed by atoms with Gasteiger partial charge in [-0.15, -0.1) is 0 Å². The summed E-state index contributed by atoms with van der Waals surface area (Å²) in [5.41, 5.74) is 0.758. The minimum absolute atomic E-state index is 0.160. The molecule has 3 rings (SSSR count). The molecule has 138 valence electrons. The number of benzene rings is 1. The monoisotopic (exact) mass is 357 g/mol. The maximum atomic E-state index is 12.3. The van der Waals surface area contributed by atoms with Crippen molar-refractivity contribution in [2.75, 3.05) is 24.7 Å². The minimum atomic E-state index is -0.642. The highest BCUT2D eigenvalue weighted by atomic mass is 16.5. The topological polar surface area (TPSA) is 79.3 Å². The number of carbonyl (C=O) groups is 3. The Kier molecular flexibility index (Phi) is 5.65. The largest absolute Gasteiger partial charge is 0.451 e. The van der Waals surface area contributed by atoms with Crippen LogP contribution in [-0.4, -0.2) is 48.1 Å². The van der Waals surface area contributed by atoms with Crippen LogP contribution < -0.4 is 5.01 Å². The molecule has 1 atom stereocenters. The maximum absolute atomic E-state index is 12.3. The second kappa shape index (κ2) is 8.12. The van der Waals surface area contributed by atoms with Crippen molar-refractivity contribution >= 4 is 29.2 Å². The number of ether oxygens (including phenoxy) is 1. The van der Waals surface area contributed by atoms with E-state index in [2.05, 4.69) is 12.0 Å². The van der Waals surface area contributed by atoms with Crippen molar-refractivity contribution in [3.63, 3.8) is 0 Å². The summed E-state index contributed by atoms with van der Waals surface area (Å²) >= 11 is 0. The molecule has 0 aromatic heterocycles. The summed E-state index contributed by atoms with van der Waals surface area (Å²) in [7, 11) is 0. The summed E-state index contributed by atoms with van der Waals surface area (Å²) in [4.78, 5) is 38.3. The summed E-state index contributed by atoms with van der Waals surface area (Å²) in [5.74, 6) is -0.531. The average molecular weight is 357 g/mol. The van der Waals surface area contributed by atoms with Crippen LogP contribution in [-0.2, 0) is 19.1 Å². The Balaban J connectivity index is 1.60. The number of hydrogen-bond acceptors (Lipinski definition) is 5. The van der Waals surface area contributed by atoms with Crippen LogP contribution in [0.5, 0.6) is 0 Å². The fourth-order valence-corrected chi connectivity index (χ4v) is 3.19. The first kappa shape index (κ1) is 18.1. The number of rotatable bonds is 4. The molecule has 0 aliphatic carbocycles. The number of hydrazone groups is 1. The summed E-state index contributed by atoms with van der Waals surface area (Å²) in [6.45, 7) is 3.23. The van der Waals surface area contributed by atoms with Gasteiger partial charge in [-0.3, -0.25) is 9.59 Å². The molecule has 2 aliphatic rings. The van der Waals surface area contributed by atoms with Crippen LogP contribution in [0.4, 0.5) is 5.69 Å². The normalized spacial score (nSPS) is 20.6. The highest BCUT2D eigenvalue weighted by Crippen LogP contribution is 2.20. The van der Waals surface area contributed by atoms with Crippen molar-refractivity contribution in [3.05, 3.63) is 30.3 Å². The zero-order chi connectivity index (χ0) is 18.5. The van der Waals surface area contributed by atoms with E-state index >= 15 is 0 Å². The van der Waals surface area contributed by atoms with Crippen LogP contribution in [0.2, 0.25) is 0 Å². The van der Waals surface area contributed by atoms with E-state index in [1.807, 2.05) is 6.07 Å². The Bertz CT molecular complexity index is 717. The van der Waals surface area contributed by atoms with E-state index < -0.39 is 5.97 Å². The number of para-hydroxylation sites is 1. The van der Waals surface area contributed by atoms with Gasteiger partial charge in [0, 0.05) is 25.9 Å². The van der Waals surface area contributed by atoms with Gasteiger partial charge < -0.3 is 9.64 Å². The van der Waals surface area contributed by atoms with Gasteiger partial charge in [-0.05, 0) is 30.9 Å². The van der Waals surface area contributed by atoms with Crippen LogP contribution in [0, 0.1) is 5.92 Å². The van der Waals surface area contributed by atoms with Crippen LogP contribution in [0.3, 0.4) is 0 Å². The predicted octanol–water partition coefficient (Wildman–Crippen LogP) is 1.97. The Morgan fingerprint density at radius 3 is 2.73 bits per heavy atom. The molecule has 0 N–H and O–H groups in total. The fraction of sp³-hybridized carbons (Fsp3) is 0.474. The lowest BCUT2D eigenvalue weighted by Gasteiger charge is -2.30. The van der Waals surface area contributed by atoms with E-state index in [0.717, 1.165) is 12.8 Å². The van der Waals surface area contributed by atoms with Gasteiger partial charge >= 0.3 is 5.97 Å². The molecule has 2 amide bonds. The van der Waals surface area contributed by atoms with E-state index in [1.165, 1.54) is 5.01 Å². The van der Waals surface area contributed by atoms with Gasteiger partial charge in [0.25, 0.3) is 5.91 Å². The van der Waals surface area contributed by atoms with Gasteiger partial charge in [0.1, 0.15) is 5.71 Å². The van der Waals surface area contributed by atoms with Crippen molar-refractivity contribution in [3.8, 4) is 0 Å². The van der Waals surface area contributed by atoms with Gasteiger partial charge in [-0.25, -0.2) is 9.80 Å². The number of carbonyl (C=O) groups excluding carboxylic acids is 3. The van der Waals surface area contributed by atoms with Gasteiger partial charge in [-0.1, -0.05) is 25.1 Å². The third-order valence-electron chi connectivity index (χ3n) is 4.61. The summed E-state index contributed by atoms with van der Waals surface area (Å²) in [5, 5.41) is 5.35. The van der Waals surface area contributed by atoms with Crippen LogP contribution in [0.25, 0.3) is 0 Å². The zero-order valence-electron chi connectivity index (χ0n) is 14.9. The Morgan fingerprint density at radius 1 is 1.23 bits per heavy atom. The highest BCUT2D eigenvalue weighted by molar-refractivity contribution is 6.38. The zero-order valence-corrected chi connectivity index (χ0v) is 14.9. The second-order valence-corrected chi connectivity index (χ2v) is 6.75. The number of esters is 1. The molecule has 7 nitrogen and oxygen atoms in total. The molecule has 1 aromatic carbocycles. The lowest BCUT2D eigenvalue weighted by molar-refractivity contribution is -0.147. The smallest absolute Gasteiger partial charge is 0.355 e. The Hall–Kier alpha value is -2.70.